The maximum Gasteiger partial charge on any atom is 0.146 e. The second kappa shape index (κ2) is 7.65. The normalized spacial score (nSPS) is 15.8. The van der Waals surface area contributed by atoms with Crippen LogP contribution < -0.4 is 0 Å². The molecule has 0 radical (unpaired) electrons. The zero-order valence-corrected chi connectivity index (χ0v) is 18.2. The number of hydrogen-bond acceptors (Lipinski definition) is 3. The molecule has 0 amide bonds. The van der Waals surface area contributed by atoms with Crippen LogP contribution in [0.2, 0.25) is 5.02 Å². The Balaban J connectivity index is 1.56. The van der Waals surface area contributed by atoms with Gasteiger partial charge in [0.1, 0.15) is 17.5 Å². The van der Waals surface area contributed by atoms with Crippen molar-refractivity contribution in [1.82, 2.24) is 9.55 Å². The number of rotatable bonds is 5. The van der Waals surface area contributed by atoms with Crippen LogP contribution >= 0.6 is 11.6 Å². The molecule has 5 rings (SSSR count). The van der Waals surface area contributed by atoms with Crippen molar-refractivity contribution >= 4 is 11.6 Å². The van der Waals surface area contributed by atoms with Crippen molar-refractivity contribution in [1.29, 1.82) is 0 Å². The number of ether oxygens (including phenoxy) is 1. The van der Waals surface area contributed by atoms with Gasteiger partial charge in [-0.25, -0.2) is 4.98 Å². The van der Waals surface area contributed by atoms with Crippen molar-refractivity contribution in [2.75, 3.05) is 6.61 Å². The lowest BCUT2D eigenvalue weighted by atomic mass is 10.0. The summed E-state index contributed by atoms with van der Waals surface area (Å²) in [6.45, 7) is 4.27. The molecule has 1 atom stereocenters. The summed E-state index contributed by atoms with van der Waals surface area (Å²) in [6, 6.07) is 24.4. The molecular formula is C26H23ClN2O2. The second-order valence-electron chi connectivity index (χ2n) is 8.35. The minimum absolute atomic E-state index is 0.239. The van der Waals surface area contributed by atoms with Crippen LogP contribution in [0.5, 0.6) is 0 Å². The lowest BCUT2D eigenvalue weighted by molar-refractivity contribution is 0.0743. The molecule has 3 aromatic carbocycles. The summed E-state index contributed by atoms with van der Waals surface area (Å²) in [5.41, 5.74) is 4.80. The number of imidazole rings is 1. The van der Waals surface area contributed by atoms with Gasteiger partial charge in [-0.05, 0) is 60.9 Å². The molecule has 31 heavy (non-hydrogen) atoms. The number of nitrogens with zero attached hydrogens (tertiary/aromatic N) is 2. The molecule has 156 valence electrons. The Morgan fingerprint density at radius 3 is 2.42 bits per heavy atom. The summed E-state index contributed by atoms with van der Waals surface area (Å²) >= 11 is 6.47. The predicted octanol–water partition coefficient (Wildman–Crippen LogP) is 6.16. The van der Waals surface area contributed by atoms with Crippen molar-refractivity contribution in [3.63, 3.8) is 0 Å². The molecule has 0 saturated carbocycles. The Bertz CT molecular complexity index is 1240. The molecular weight excluding hydrogens is 408 g/mol. The van der Waals surface area contributed by atoms with Crippen LogP contribution in [0.15, 0.2) is 79.0 Å². The zero-order chi connectivity index (χ0) is 21.6. The van der Waals surface area contributed by atoms with E-state index in [0.717, 1.165) is 29.0 Å². The zero-order valence-electron chi connectivity index (χ0n) is 17.4. The molecule has 1 aromatic heterocycles. The number of halogens is 1. The number of aliphatic hydroxyl groups is 1. The van der Waals surface area contributed by atoms with Gasteiger partial charge in [0.2, 0.25) is 0 Å². The van der Waals surface area contributed by atoms with Crippen molar-refractivity contribution in [3.8, 4) is 28.2 Å². The first-order valence-corrected chi connectivity index (χ1v) is 10.7. The van der Waals surface area contributed by atoms with Gasteiger partial charge in [-0.1, -0.05) is 54.1 Å². The van der Waals surface area contributed by atoms with Crippen LogP contribution in [-0.4, -0.2) is 21.3 Å². The molecule has 4 nitrogen and oxygen atoms in total. The third-order valence-electron chi connectivity index (χ3n) is 5.52. The molecule has 1 N–H and O–H groups in total. The molecule has 0 spiro atoms. The summed E-state index contributed by atoms with van der Waals surface area (Å²) in [5.74, 6) is 0.698. The van der Waals surface area contributed by atoms with Gasteiger partial charge >= 0.3 is 0 Å². The molecule has 2 heterocycles. The van der Waals surface area contributed by atoms with E-state index in [4.69, 9.17) is 21.3 Å². The van der Waals surface area contributed by atoms with Crippen molar-refractivity contribution in [2.45, 2.75) is 25.6 Å². The molecule has 0 aliphatic carbocycles. The van der Waals surface area contributed by atoms with E-state index >= 15 is 0 Å². The molecule has 5 heteroatoms. The van der Waals surface area contributed by atoms with E-state index in [2.05, 4.69) is 48.5 Å². The fourth-order valence-electron chi connectivity index (χ4n) is 3.68. The number of hydrogen-bond donors (Lipinski definition) is 1. The largest absolute Gasteiger partial charge is 0.384 e. The van der Waals surface area contributed by atoms with Crippen molar-refractivity contribution < 1.29 is 9.84 Å². The van der Waals surface area contributed by atoms with Crippen LogP contribution in [0.4, 0.5) is 0 Å². The average Bonchev–Trinajstić information content (AvgIpc) is 3.52. The monoisotopic (exact) mass is 430 g/mol. The van der Waals surface area contributed by atoms with E-state index in [1.54, 1.807) is 13.8 Å². The lowest BCUT2D eigenvalue weighted by Crippen LogP contribution is -2.15. The highest BCUT2D eigenvalue weighted by molar-refractivity contribution is 6.33. The molecule has 1 aliphatic heterocycles. The van der Waals surface area contributed by atoms with Gasteiger partial charge in [-0.3, -0.25) is 4.57 Å². The van der Waals surface area contributed by atoms with E-state index in [0.29, 0.717) is 16.5 Å². The number of benzene rings is 3. The topological polar surface area (TPSA) is 50.6 Å². The quantitative estimate of drug-likeness (QED) is 0.386. The summed E-state index contributed by atoms with van der Waals surface area (Å²) in [7, 11) is 0. The predicted molar refractivity (Wildman–Crippen MR) is 123 cm³/mol. The maximum atomic E-state index is 10.5. The molecule has 0 bridgehead atoms. The van der Waals surface area contributed by atoms with Gasteiger partial charge in [0.05, 0.1) is 17.3 Å². The van der Waals surface area contributed by atoms with Crippen LogP contribution in [0.1, 0.15) is 31.2 Å². The standard InChI is InChI=1S/C26H23ClN2O2/c1-26(2,30)24-15-29(25(28-24)21-8-3-4-9-22(21)27)20-12-10-17(11-13-20)18-6-5-7-19(14-18)23-16-31-23/h3-15,23,30H,16H2,1-2H3. The summed E-state index contributed by atoms with van der Waals surface area (Å²) in [6.07, 6.45) is 2.11. The van der Waals surface area contributed by atoms with E-state index in [1.807, 2.05) is 35.0 Å². The molecule has 4 aromatic rings. The highest BCUT2D eigenvalue weighted by atomic mass is 35.5. The van der Waals surface area contributed by atoms with Gasteiger partial charge in [-0.15, -0.1) is 0 Å². The van der Waals surface area contributed by atoms with E-state index < -0.39 is 5.60 Å². The fraction of sp³-hybridized carbons (Fsp3) is 0.192. The van der Waals surface area contributed by atoms with Crippen molar-refractivity contribution in [2.24, 2.45) is 0 Å². The third-order valence-corrected chi connectivity index (χ3v) is 5.85. The number of aromatic nitrogens is 2. The van der Waals surface area contributed by atoms with Gasteiger partial charge in [0.25, 0.3) is 0 Å². The maximum absolute atomic E-state index is 10.5. The average molecular weight is 431 g/mol. The smallest absolute Gasteiger partial charge is 0.146 e. The van der Waals surface area contributed by atoms with Gasteiger partial charge in [-0.2, -0.15) is 0 Å². The molecule has 1 unspecified atom stereocenters. The Morgan fingerprint density at radius 2 is 1.74 bits per heavy atom. The highest BCUT2D eigenvalue weighted by Crippen LogP contribution is 2.34. The molecule has 1 fully saturated rings. The van der Waals surface area contributed by atoms with Crippen molar-refractivity contribution in [3.05, 3.63) is 95.3 Å². The minimum atomic E-state index is -1.06. The summed E-state index contributed by atoms with van der Waals surface area (Å²) in [4.78, 5) is 4.72. The van der Waals surface area contributed by atoms with Crippen LogP contribution in [0.25, 0.3) is 28.2 Å². The molecule has 1 saturated heterocycles. The second-order valence-corrected chi connectivity index (χ2v) is 8.76. The van der Waals surface area contributed by atoms with Crippen LogP contribution in [0.3, 0.4) is 0 Å². The first kappa shape index (κ1) is 20.0. The first-order chi connectivity index (χ1) is 14.9. The Kier molecular flexibility index (Phi) is 4.94. The lowest BCUT2D eigenvalue weighted by Gasteiger charge is -2.13. The van der Waals surface area contributed by atoms with Gasteiger partial charge in [0.15, 0.2) is 0 Å². The summed E-state index contributed by atoms with van der Waals surface area (Å²) < 4.78 is 7.39. The molecule has 1 aliphatic rings. The van der Waals surface area contributed by atoms with Gasteiger partial charge < -0.3 is 9.84 Å². The SMILES string of the molecule is CC(C)(O)c1cn(-c2ccc(-c3cccc(C4CO4)c3)cc2)c(-c2ccccc2Cl)n1. The Hall–Kier alpha value is -2.92. The van der Waals surface area contributed by atoms with E-state index in [-0.39, 0.29) is 6.10 Å². The minimum Gasteiger partial charge on any atom is -0.384 e. The first-order valence-electron chi connectivity index (χ1n) is 10.3. The van der Waals surface area contributed by atoms with Gasteiger partial charge in [0, 0.05) is 17.4 Å². The summed E-state index contributed by atoms with van der Waals surface area (Å²) in [5, 5.41) is 11.2. The fourth-order valence-corrected chi connectivity index (χ4v) is 3.90. The number of epoxide rings is 1. The Morgan fingerprint density at radius 1 is 1.00 bits per heavy atom. The Labute approximate surface area is 186 Å². The highest BCUT2D eigenvalue weighted by Gasteiger charge is 2.25. The van der Waals surface area contributed by atoms with Crippen LogP contribution in [-0.2, 0) is 10.3 Å². The van der Waals surface area contributed by atoms with E-state index in [1.165, 1.54) is 5.56 Å². The third kappa shape index (κ3) is 4.02. The van der Waals surface area contributed by atoms with Crippen LogP contribution in [0, 0.1) is 0 Å². The van der Waals surface area contributed by atoms with E-state index in [9.17, 15) is 5.11 Å².